The molecule has 0 atom stereocenters. The van der Waals surface area contributed by atoms with E-state index in [4.69, 9.17) is 5.73 Å². The molecule has 0 aliphatic carbocycles. The van der Waals surface area contributed by atoms with Gasteiger partial charge in [-0.15, -0.1) is 5.10 Å². The second kappa shape index (κ2) is 7.56. The van der Waals surface area contributed by atoms with Crippen LogP contribution in [0.3, 0.4) is 0 Å². The van der Waals surface area contributed by atoms with Crippen LogP contribution in [0.2, 0.25) is 0 Å². The van der Waals surface area contributed by atoms with Gasteiger partial charge in [-0.05, 0) is 13.0 Å². The number of nitro groups is 1. The highest BCUT2D eigenvalue weighted by atomic mass is 16.6. The van der Waals surface area contributed by atoms with Crippen LogP contribution in [-0.4, -0.2) is 35.8 Å². The molecule has 0 saturated heterocycles. The lowest BCUT2D eigenvalue weighted by atomic mass is 10.2. The van der Waals surface area contributed by atoms with Crippen LogP contribution < -0.4 is 11.1 Å². The Bertz CT molecular complexity index is 1000. The molecule has 0 radical (unpaired) electrons. The van der Waals surface area contributed by atoms with Crippen molar-refractivity contribution >= 4 is 17.4 Å². The van der Waals surface area contributed by atoms with Crippen LogP contribution >= 0.6 is 0 Å². The molecule has 0 unspecified atom stereocenters. The van der Waals surface area contributed by atoms with Gasteiger partial charge in [0.25, 0.3) is 11.6 Å². The number of aryl methyl sites for hydroxylation is 1. The van der Waals surface area contributed by atoms with E-state index in [1.54, 1.807) is 24.0 Å². The number of aromatic nitrogens is 5. The summed E-state index contributed by atoms with van der Waals surface area (Å²) >= 11 is 0. The predicted octanol–water partition coefficient (Wildman–Crippen LogP) is 0.845. The van der Waals surface area contributed by atoms with Crippen LogP contribution in [0.25, 0.3) is 0 Å². The number of amides is 1. The van der Waals surface area contributed by atoms with Crippen molar-refractivity contribution in [2.75, 3.05) is 5.73 Å². The molecule has 11 nitrogen and oxygen atoms in total. The zero-order valence-corrected chi connectivity index (χ0v) is 14.4. The summed E-state index contributed by atoms with van der Waals surface area (Å²) in [5.74, 6) is 0.516. The molecule has 0 spiro atoms. The molecule has 2 aromatic heterocycles. The van der Waals surface area contributed by atoms with Gasteiger partial charge in [0, 0.05) is 29.5 Å². The van der Waals surface area contributed by atoms with Crippen molar-refractivity contribution in [2.24, 2.45) is 0 Å². The van der Waals surface area contributed by atoms with Gasteiger partial charge in [0.15, 0.2) is 0 Å². The highest BCUT2D eigenvalue weighted by molar-refractivity contribution is 5.94. The number of carbonyl (C=O) groups excluding carboxylic acids is 1. The molecule has 1 aromatic carbocycles. The van der Waals surface area contributed by atoms with E-state index in [0.29, 0.717) is 29.4 Å². The van der Waals surface area contributed by atoms with Gasteiger partial charge in [0.05, 0.1) is 24.2 Å². The fraction of sp³-hybridized carbons (Fsp3) is 0.188. The lowest BCUT2D eigenvalue weighted by Crippen LogP contribution is -2.23. The minimum atomic E-state index is -0.553. The number of nitrogen functional groups attached to an aromatic ring is 1. The smallest absolute Gasteiger partial charge is 0.270 e. The van der Waals surface area contributed by atoms with Crippen LogP contribution in [0.15, 0.2) is 36.7 Å². The molecule has 1 amide bonds. The SMILES string of the molecule is Cc1ncc(Cn2cc(CNC(=O)c3cccc([N+](=O)[O-])c3)nn2)c(N)n1. The number of carbonyl (C=O) groups is 1. The van der Waals surface area contributed by atoms with Crippen molar-refractivity contribution in [3.05, 3.63) is 69.4 Å². The van der Waals surface area contributed by atoms with E-state index >= 15 is 0 Å². The Kier molecular flexibility index (Phi) is 5.01. The van der Waals surface area contributed by atoms with E-state index in [1.807, 2.05) is 0 Å². The Morgan fingerprint density at radius 3 is 2.96 bits per heavy atom. The van der Waals surface area contributed by atoms with Gasteiger partial charge in [-0.2, -0.15) is 0 Å². The monoisotopic (exact) mass is 368 g/mol. The van der Waals surface area contributed by atoms with Crippen molar-refractivity contribution < 1.29 is 9.72 Å². The maximum absolute atomic E-state index is 12.1. The van der Waals surface area contributed by atoms with Crippen LogP contribution in [0.4, 0.5) is 11.5 Å². The third-order valence-electron chi connectivity index (χ3n) is 3.69. The van der Waals surface area contributed by atoms with Crippen LogP contribution in [0.1, 0.15) is 27.4 Å². The molecule has 0 saturated carbocycles. The van der Waals surface area contributed by atoms with E-state index in [-0.39, 0.29) is 17.8 Å². The third kappa shape index (κ3) is 4.39. The molecule has 27 heavy (non-hydrogen) atoms. The number of hydrogen-bond acceptors (Lipinski definition) is 8. The molecule has 2 heterocycles. The number of nitrogens with zero attached hydrogens (tertiary/aromatic N) is 6. The van der Waals surface area contributed by atoms with Crippen molar-refractivity contribution in [1.29, 1.82) is 0 Å². The second-order valence-electron chi connectivity index (χ2n) is 5.73. The maximum Gasteiger partial charge on any atom is 0.270 e. The number of anilines is 1. The summed E-state index contributed by atoms with van der Waals surface area (Å²) in [4.78, 5) is 30.6. The van der Waals surface area contributed by atoms with Crippen molar-refractivity contribution in [1.82, 2.24) is 30.3 Å². The average Bonchev–Trinajstić information content (AvgIpc) is 3.09. The molecule has 0 bridgehead atoms. The number of hydrogen-bond donors (Lipinski definition) is 2. The summed E-state index contributed by atoms with van der Waals surface area (Å²) in [6, 6.07) is 5.49. The topological polar surface area (TPSA) is 155 Å². The summed E-state index contributed by atoms with van der Waals surface area (Å²) < 4.78 is 1.55. The fourth-order valence-electron chi connectivity index (χ4n) is 2.34. The van der Waals surface area contributed by atoms with Crippen molar-refractivity contribution in [3.8, 4) is 0 Å². The van der Waals surface area contributed by atoms with Crippen molar-refractivity contribution in [2.45, 2.75) is 20.0 Å². The minimum absolute atomic E-state index is 0.126. The zero-order chi connectivity index (χ0) is 19.4. The van der Waals surface area contributed by atoms with Crippen molar-refractivity contribution in [3.63, 3.8) is 0 Å². The Morgan fingerprint density at radius 2 is 2.22 bits per heavy atom. The van der Waals surface area contributed by atoms with Gasteiger partial charge in [-0.1, -0.05) is 11.3 Å². The quantitative estimate of drug-likeness (QED) is 0.479. The molecule has 3 aromatic rings. The zero-order valence-electron chi connectivity index (χ0n) is 14.4. The minimum Gasteiger partial charge on any atom is -0.383 e. The molecule has 0 aliphatic heterocycles. The van der Waals surface area contributed by atoms with Gasteiger partial charge < -0.3 is 11.1 Å². The first-order valence-corrected chi connectivity index (χ1v) is 7.92. The van der Waals surface area contributed by atoms with Gasteiger partial charge in [-0.25, -0.2) is 14.6 Å². The van der Waals surface area contributed by atoms with Crippen LogP contribution in [0.5, 0.6) is 0 Å². The number of benzene rings is 1. The van der Waals surface area contributed by atoms with Gasteiger partial charge >= 0.3 is 0 Å². The molecule has 138 valence electrons. The summed E-state index contributed by atoms with van der Waals surface area (Å²) in [7, 11) is 0. The van der Waals surface area contributed by atoms with E-state index in [2.05, 4.69) is 25.6 Å². The Hall–Kier alpha value is -3.89. The first-order chi connectivity index (χ1) is 12.9. The molecule has 0 aliphatic rings. The van der Waals surface area contributed by atoms with E-state index in [1.165, 1.54) is 24.3 Å². The average molecular weight is 368 g/mol. The van der Waals surface area contributed by atoms with E-state index in [0.717, 1.165) is 0 Å². The number of non-ortho nitro benzene ring substituents is 1. The Balaban J connectivity index is 1.61. The van der Waals surface area contributed by atoms with Gasteiger partial charge in [0.2, 0.25) is 0 Å². The van der Waals surface area contributed by atoms with Crippen LogP contribution in [-0.2, 0) is 13.1 Å². The number of rotatable bonds is 6. The fourth-order valence-corrected chi connectivity index (χ4v) is 2.34. The number of nitrogens with one attached hydrogen (secondary N) is 1. The summed E-state index contributed by atoms with van der Waals surface area (Å²) in [5.41, 5.74) is 7.14. The maximum atomic E-state index is 12.1. The van der Waals surface area contributed by atoms with Gasteiger partial charge in [0.1, 0.15) is 17.3 Å². The summed E-state index contributed by atoms with van der Waals surface area (Å²) in [6.07, 6.45) is 3.29. The molecular weight excluding hydrogens is 352 g/mol. The molecular formula is C16H16N8O3. The lowest BCUT2D eigenvalue weighted by molar-refractivity contribution is -0.384. The van der Waals surface area contributed by atoms with E-state index in [9.17, 15) is 14.9 Å². The molecule has 3 rings (SSSR count). The first-order valence-electron chi connectivity index (χ1n) is 7.92. The van der Waals surface area contributed by atoms with Gasteiger partial charge in [-0.3, -0.25) is 14.9 Å². The normalized spacial score (nSPS) is 10.6. The lowest BCUT2D eigenvalue weighted by Gasteiger charge is -2.04. The van der Waals surface area contributed by atoms with Crippen LogP contribution in [0, 0.1) is 17.0 Å². The Morgan fingerprint density at radius 1 is 1.41 bits per heavy atom. The number of nitro benzene ring substituents is 1. The predicted molar refractivity (Wildman–Crippen MR) is 94.6 cm³/mol. The summed E-state index contributed by atoms with van der Waals surface area (Å²) in [5, 5.41) is 21.4. The molecule has 0 fully saturated rings. The third-order valence-corrected chi connectivity index (χ3v) is 3.69. The molecule has 11 heteroatoms. The number of nitrogens with two attached hydrogens (primary N) is 1. The highest BCUT2D eigenvalue weighted by Gasteiger charge is 2.12. The highest BCUT2D eigenvalue weighted by Crippen LogP contribution is 2.13. The first kappa shape index (κ1) is 17.9. The standard InChI is InChI=1S/C16H16N8O3/c1-10-18-6-12(15(17)20-10)8-23-9-13(21-22-23)7-19-16(25)11-3-2-4-14(5-11)24(26)27/h2-6,9H,7-8H2,1H3,(H,19,25)(H2,17,18,20). The Labute approximate surface area is 153 Å². The van der Waals surface area contributed by atoms with E-state index < -0.39 is 10.8 Å². The second-order valence-corrected chi connectivity index (χ2v) is 5.73. The summed E-state index contributed by atoms with van der Waals surface area (Å²) in [6.45, 7) is 2.22. The molecule has 3 N–H and O–H groups in total. The largest absolute Gasteiger partial charge is 0.383 e.